The van der Waals surface area contributed by atoms with Crippen molar-refractivity contribution in [2.45, 2.75) is 11.3 Å². The summed E-state index contributed by atoms with van der Waals surface area (Å²) >= 11 is 5.72. The Morgan fingerprint density at radius 3 is 2.67 bits per heavy atom. The van der Waals surface area contributed by atoms with Crippen LogP contribution in [0.5, 0.6) is 0 Å². The molecule has 1 fully saturated rings. The number of benzene rings is 1. The van der Waals surface area contributed by atoms with E-state index < -0.39 is 25.7 Å². The highest BCUT2D eigenvalue weighted by molar-refractivity contribution is 7.91. The number of anilines is 1. The van der Waals surface area contributed by atoms with Crippen molar-refractivity contribution in [2.75, 3.05) is 23.8 Å². The summed E-state index contributed by atoms with van der Waals surface area (Å²) in [6, 6.07) is 1.76. The van der Waals surface area contributed by atoms with Crippen molar-refractivity contribution in [3.8, 4) is 0 Å². The Balaban J connectivity index is 2.14. The summed E-state index contributed by atoms with van der Waals surface area (Å²) in [6.07, 6.45) is 0.407. The summed E-state index contributed by atoms with van der Waals surface area (Å²) in [5.41, 5.74) is 5.00. The lowest BCUT2D eigenvalue weighted by Gasteiger charge is -2.12. The molecule has 1 aromatic rings. The minimum Gasteiger partial charge on any atom is -0.396 e. The zero-order chi connectivity index (χ0) is 15.8. The van der Waals surface area contributed by atoms with E-state index in [0.29, 0.717) is 6.42 Å². The molecule has 1 unspecified atom stereocenters. The predicted octanol–water partition coefficient (Wildman–Crippen LogP) is 0.774. The molecule has 10 heteroatoms. The van der Waals surface area contributed by atoms with Crippen LogP contribution in [-0.4, -0.2) is 34.9 Å². The maximum atomic E-state index is 13.2. The van der Waals surface area contributed by atoms with Crippen molar-refractivity contribution in [3.05, 3.63) is 23.0 Å². The average molecular weight is 357 g/mol. The van der Waals surface area contributed by atoms with Gasteiger partial charge in [-0.25, -0.2) is 25.9 Å². The molecule has 118 valence electrons. The van der Waals surface area contributed by atoms with Crippen LogP contribution in [0.2, 0.25) is 5.02 Å². The van der Waals surface area contributed by atoms with Gasteiger partial charge in [-0.05, 0) is 24.5 Å². The quantitative estimate of drug-likeness (QED) is 0.775. The normalized spacial score (nSPS) is 21.5. The second kappa shape index (κ2) is 5.71. The van der Waals surface area contributed by atoms with Crippen molar-refractivity contribution >= 4 is 37.1 Å². The first kappa shape index (κ1) is 16.5. The molecule has 3 N–H and O–H groups in total. The molecule has 6 nitrogen and oxygen atoms in total. The summed E-state index contributed by atoms with van der Waals surface area (Å²) in [5, 5.41) is -0.284. The fraction of sp³-hybridized carbons (Fsp3) is 0.455. The third-order valence-corrected chi connectivity index (χ3v) is 6.95. The van der Waals surface area contributed by atoms with Gasteiger partial charge in [0.05, 0.1) is 22.2 Å². The first-order valence-corrected chi connectivity index (χ1v) is 9.73. The first-order chi connectivity index (χ1) is 9.61. The minimum absolute atomic E-state index is 0.0187. The summed E-state index contributed by atoms with van der Waals surface area (Å²) in [5.74, 6) is -1.07. The number of nitrogens with one attached hydrogen (secondary N) is 1. The van der Waals surface area contributed by atoms with Crippen LogP contribution in [0, 0.1) is 11.7 Å². The molecule has 1 atom stereocenters. The van der Waals surface area contributed by atoms with Crippen molar-refractivity contribution in [3.63, 3.8) is 0 Å². The lowest BCUT2D eigenvalue weighted by atomic mass is 10.1. The van der Waals surface area contributed by atoms with Crippen LogP contribution in [0.25, 0.3) is 0 Å². The third kappa shape index (κ3) is 3.85. The van der Waals surface area contributed by atoms with E-state index in [1.54, 1.807) is 0 Å². The zero-order valence-corrected chi connectivity index (χ0v) is 13.2. The lowest BCUT2D eigenvalue weighted by molar-refractivity contribution is 0.543. The molecule has 1 saturated heterocycles. The van der Waals surface area contributed by atoms with Gasteiger partial charge in [0.2, 0.25) is 10.0 Å². The molecular weight excluding hydrogens is 343 g/mol. The number of nitrogens with two attached hydrogens (primary N) is 1. The molecule has 21 heavy (non-hydrogen) atoms. The Hall–Kier alpha value is -0.900. The van der Waals surface area contributed by atoms with E-state index in [-0.39, 0.29) is 39.6 Å². The highest BCUT2D eigenvalue weighted by atomic mass is 35.5. The van der Waals surface area contributed by atoms with Crippen LogP contribution in [-0.2, 0) is 19.9 Å². The molecule has 2 rings (SSSR count). The fourth-order valence-corrected chi connectivity index (χ4v) is 5.61. The number of hydrogen-bond acceptors (Lipinski definition) is 5. The topological polar surface area (TPSA) is 106 Å². The van der Waals surface area contributed by atoms with Crippen LogP contribution < -0.4 is 10.5 Å². The SMILES string of the molecule is Nc1cc(S(=O)(=O)NCC2CCS(=O)(=O)C2)c(Cl)cc1F. The lowest BCUT2D eigenvalue weighted by Crippen LogP contribution is -2.30. The van der Waals surface area contributed by atoms with Gasteiger partial charge in [-0.15, -0.1) is 0 Å². The molecule has 0 aliphatic carbocycles. The Kier molecular flexibility index (Phi) is 4.48. The molecule has 1 heterocycles. The van der Waals surface area contributed by atoms with E-state index in [1.807, 2.05) is 0 Å². The first-order valence-electron chi connectivity index (χ1n) is 6.05. The van der Waals surface area contributed by atoms with Crippen LogP contribution in [0.3, 0.4) is 0 Å². The van der Waals surface area contributed by atoms with Gasteiger partial charge in [0.1, 0.15) is 10.7 Å². The zero-order valence-electron chi connectivity index (χ0n) is 10.8. The van der Waals surface area contributed by atoms with Crippen LogP contribution in [0.15, 0.2) is 17.0 Å². The average Bonchev–Trinajstić information content (AvgIpc) is 2.71. The van der Waals surface area contributed by atoms with Crippen LogP contribution >= 0.6 is 11.6 Å². The van der Waals surface area contributed by atoms with Crippen LogP contribution in [0.4, 0.5) is 10.1 Å². The summed E-state index contributed by atoms with van der Waals surface area (Å²) in [4.78, 5) is -0.330. The Morgan fingerprint density at radius 1 is 1.43 bits per heavy atom. The number of rotatable bonds is 4. The van der Waals surface area contributed by atoms with Crippen LogP contribution in [0.1, 0.15) is 6.42 Å². The van der Waals surface area contributed by atoms with Crippen molar-refractivity contribution < 1.29 is 21.2 Å². The molecule has 1 aromatic carbocycles. The van der Waals surface area contributed by atoms with Crippen molar-refractivity contribution in [1.29, 1.82) is 0 Å². The van der Waals surface area contributed by atoms with E-state index in [1.165, 1.54) is 0 Å². The van der Waals surface area contributed by atoms with Gasteiger partial charge in [-0.1, -0.05) is 11.6 Å². The van der Waals surface area contributed by atoms with Gasteiger partial charge in [-0.2, -0.15) is 0 Å². The maximum absolute atomic E-state index is 13.2. The molecule has 0 radical (unpaired) electrons. The summed E-state index contributed by atoms with van der Waals surface area (Å²) in [6.45, 7) is -0.0187. The molecule has 1 aliphatic heterocycles. The number of sulfone groups is 1. The molecule has 0 aromatic heterocycles. The fourth-order valence-electron chi connectivity index (χ4n) is 2.09. The Bertz CT molecular complexity index is 765. The minimum atomic E-state index is -3.98. The highest BCUT2D eigenvalue weighted by Crippen LogP contribution is 2.26. The summed E-state index contributed by atoms with van der Waals surface area (Å²) < 4.78 is 62.3. The van der Waals surface area contributed by atoms with E-state index in [2.05, 4.69) is 4.72 Å². The molecular formula is C11H14ClFN2O4S2. The van der Waals surface area contributed by atoms with Gasteiger partial charge in [-0.3, -0.25) is 0 Å². The highest BCUT2D eigenvalue weighted by Gasteiger charge is 2.29. The third-order valence-electron chi connectivity index (χ3n) is 3.23. The van der Waals surface area contributed by atoms with Gasteiger partial charge >= 0.3 is 0 Å². The predicted molar refractivity (Wildman–Crippen MR) is 77.8 cm³/mol. The Morgan fingerprint density at radius 2 is 2.10 bits per heavy atom. The molecule has 0 spiro atoms. The maximum Gasteiger partial charge on any atom is 0.242 e. The second-order valence-corrected chi connectivity index (χ2v) is 9.30. The van der Waals surface area contributed by atoms with E-state index in [0.717, 1.165) is 12.1 Å². The Labute approximate surface area is 127 Å². The van der Waals surface area contributed by atoms with Gasteiger partial charge in [0.15, 0.2) is 9.84 Å². The smallest absolute Gasteiger partial charge is 0.242 e. The largest absolute Gasteiger partial charge is 0.396 e. The van der Waals surface area contributed by atoms with Gasteiger partial charge < -0.3 is 5.73 Å². The van der Waals surface area contributed by atoms with Crippen molar-refractivity contribution in [2.24, 2.45) is 5.92 Å². The monoisotopic (exact) mass is 356 g/mol. The van der Waals surface area contributed by atoms with E-state index in [9.17, 15) is 21.2 Å². The number of halogens is 2. The van der Waals surface area contributed by atoms with E-state index in [4.69, 9.17) is 17.3 Å². The molecule has 0 amide bonds. The van der Waals surface area contributed by atoms with E-state index >= 15 is 0 Å². The van der Waals surface area contributed by atoms with Gasteiger partial charge in [0.25, 0.3) is 0 Å². The summed E-state index contributed by atoms with van der Waals surface area (Å²) in [7, 11) is -7.06. The number of hydrogen-bond donors (Lipinski definition) is 2. The van der Waals surface area contributed by atoms with Gasteiger partial charge in [0, 0.05) is 6.54 Å². The molecule has 0 bridgehead atoms. The number of nitrogen functional groups attached to an aromatic ring is 1. The molecule has 0 saturated carbocycles. The molecule has 1 aliphatic rings. The number of sulfonamides is 1. The van der Waals surface area contributed by atoms with Crippen molar-refractivity contribution in [1.82, 2.24) is 4.72 Å². The standard InChI is InChI=1S/C11H14ClFN2O4S2/c12-8-3-9(13)10(14)4-11(8)21(18,19)15-5-7-1-2-20(16,17)6-7/h3-4,7,15H,1-2,5-6,14H2. The second-order valence-electron chi connectivity index (χ2n) is 4.93.